The van der Waals surface area contributed by atoms with Gasteiger partial charge in [0.05, 0.1) is 0 Å². The van der Waals surface area contributed by atoms with Crippen LogP contribution in [0, 0.1) is 0 Å². The van der Waals surface area contributed by atoms with Crippen LogP contribution in [0.2, 0.25) is 0 Å². The second-order valence-corrected chi connectivity index (χ2v) is 5.96. The minimum atomic E-state index is 0.281. The fraction of sp³-hybridized carbons (Fsp3) is 0.667. The van der Waals surface area contributed by atoms with Gasteiger partial charge in [0, 0.05) is 0 Å². The summed E-state index contributed by atoms with van der Waals surface area (Å²) in [5.41, 5.74) is 0. The molecule has 0 aromatic carbocycles. The summed E-state index contributed by atoms with van der Waals surface area (Å²) in [6.45, 7) is 3.55. The zero-order valence-electron chi connectivity index (χ0n) is 3.28. The van der Waals surface area contributed by atoms with Gasteiger partial charge in [-0.3, -0.25) is 0 Å². The molecule has 0 saturated carbocycles. The minimum absolute atomic E-state index is 0.281. The second kappa shape index (κ2) is 2.16. The van der Waals surface area contributed by atoms with Gasteiger partial charge in [0.15, 0.2) is 0 Å². The molecule has 1 saturated heterocycles. The Morgan fingerprint density at radius 2 is 2.67 bits per heavy atom. The van der Waals surface area contributed by atoms with Crippen molar-refractivity contribution in [3.05, 3.63) is 0 Å². The Morgan fingerprint density at radius 1 is 2.00 bits per heavy atom. The average molecular weight is 215 g/mol. The van der Waals surface area contributed by atoms with Gasteiger partial charge in [0.25, 0.3) is 0 Å². The molecule has 6 heavy (non-hydrogen) atoms. The first kappa shape index (κ1) is 4.90. The van der Waals surface area contributed by atoms with Crippen molar-refractivity contribution in [1.29, 1.82) is 0 Å². The predicted molar refractivity (Wildman–Crippen MR) is 24.3 cm³/mol. The Balaban J connectivity index is 2.00. The standard InChI is InChI=1S/C3H6INS/c1-5-4-3-2-6-3/h3,5H,1-2H2. The summed E-state index contributed by atoms with van der Waals surface area (Å²) in [7, 11) is 0. The Labute approximate surface area is 52.2 Å². The maximum atomic E-state index is 3.55. The van der Waals surface area contributed by atoms with Crippen LogP contribution in [-0.4, -0.2) is 15.7 Å². The fourth-order valence-electron chi connectivity index (χ4n) is 0.185. The summed E-state index contributed by atoms with van der Waals surface area (Å²) >= 11 is 2.32. The third kappa shape index (κ3) is 1.47. The number of halogens is 1. The van der Waals surface area contributed by atoms with Gasteiger partial charge in [-0.2, -0.15) is 0 Å². The molecule has 1 aliphatic heterocycles. The molecule has 0 aromatic heterocycles. The SMILES string of the molecule is C=[NH+][I-]C1CS1. The van der Waals surface area contributed by atoms with Gasteiger partial charge in [0.1, 0.15) is 0 Å². The molecule has 1 heterocycles. The number of thioether (sulfide) groups is 1. The van der Waals surface area contributed by atoms with Gasteiger partial charge in [-0.15, -0.1) is 0 Å². The summed E-state index contributed by atoms with van der Waals surface area (Å²) in [6.07, 6.45) is 0. The Morgan fingerprint density at radius 3 is 2.83 bits per heavy atom. The van der Waals surface area contributed by atoms with Crippen LogP contribution in [0.15, 0.2) is 0 Å². The van der Waals surface area contributed by atoms with Crippen LogP contribution in [-0.2, 0) is 0 Å². The van der Waals surface area contributed by atoms with Crippen LogP contribution in [0.1, 0.15) is 0 Å². The summed E-state index contributed by atoms with van der Waals surface area (Å²) in [4.78, 5) is 0. The molecule has 36 valence electrons. The van der Waals surface area contributed by atoms with E-state index in [0.29, 0.717) is 0 Å². The van der Waals surface area contributed by atoms with Crippen molar-refractivity contribution in [1.82, 2.24) is 0 Å². The first-order valence-electron chi connectivity index (χ1n) is 1.69. The quantitative estimate of drug-likeness (QED) is 0.162. The van der Waals surface area contributed by atoms with E-state index >= 15 is 0 Å². The van der Waals surface area contributed by atoms with Gasteiger partial charge < -0.3 is 0 Å². The van der Waals surface area contributed by atoms with Gasteiger partial charge in [0.2, 0.25) is 0 Å². The van der Waals surface area contributed by atoms with Crippen molar-refractivity contribution in [2.24, 2.45) is 0 Å². The van der Waals surface area contributed by atoms with Crippen molar-refractivity contribution in [2.75, 3.05) is 5.75 Å². The summed E-state index contributed by atoms with van der Waals surface area (Å²) < 4.78 is 3.97. The van der Waals surface area contributed by atoms with E-state index in [1.54, 1.807) is 0 Å². The van der Waals surface area contributed by atoms with Gasteiger partial charge in [-0.05, 0) is 0 Å². The van der Waals surface area contributed by atoms with Crippen molar-refractivity contribution in [3.8, 4) is 0 Å². The number of hydrogen-bond donors (Lipinski definition) is 1. The molecule has 3 heteroatoms. The maximum absolute atomic E-state index is 3.55. The molecule has 1 fully saturated rings. The molecule has 0 amide bonds. The van der Waals surface area contributed by atoms with Crippen LogP contribution >= 0.6 is 11.8 Å². The van der Waals surface area contributed by atoms with Crippen LogP contribution in [0.25, 0.3) is 0 Å². The monoisotopic (exact) mass is 215 g/mol. The third-order valence-electron chi connectivity index (χ3n) is 0.492. The molecule has 1 nitrogen and oxygen atoms in total. The zero-order valence-corrected chi connectivity index (χ0v) is 6.25. The number of nitrogens with one attached hydrogen (secondary N) is 1. The van der Waals surface area contributed by atoms with Crippen LogP contribution < -0.4 is 24.7 Å². The van der Waals surface area contributed by atoms with E-state index in [4.69, 9.17) is 0 Å². The average Bonchev–Trinajstić information content (AvgIpc) is 2.21. The first-order chi connectivity index (χ1) is 2.93. The summed E-state index contributed by atoms with van der Waals surface area (Å²) in [5.74, 6) is 1.38. The number of hydrogen-bond acceptors (Lipinski definition) is 1. The van der Waals surface area contributed by atoms with E-state index in [-0.39, 0.29) is 21.5 Å². The van der Waals surface area contributed by atoms with Crippen molar-refractivity contribution < 1.29 is 24.7 Å². The number of alkyl halides is 1. The van der Waals surface area contributed by atoms with E-state index in [0.717, 1.165) is 3.26 Å². The van der Waals surface area contributed by atoms with Gasteiger partial charge in [-0.25, -0.2) is 0 Å². The zero-order chi connectivity index (χ0) is 4.41. The molecule has 0 aliphatic carbocycles. The van der Waals surface area contributed by atoms with Crippen molar-refractivity contribution >= 4 is 18.5 Å². The van der Waals surface area contributed by atoms with E-state index in [9.17, 15) is 0 Å². The Hall–Kier alpha value is 0.750. The van der Waals surface area contributed by atoms with Crippen LogP contribution in [0.5, 0.6) is 0 Å². The molecule has 1 atom stereocenters. The summed E-state index contributed by atoms with van der Waals surface area (Å²) in [5, 5.41) is 0. The molecular formula is C3H6INS. The number of rotatable bonds is 2. The second-order valence-electron chi connectivity index (χ2n) is 0.986. The molecule has 0 spiro atoms. The molecule has 0 bridgehead atoms. The van der Waals surface area contributed by atoms with E-state index < -0.39 is 0 Å². The Bertz CT molecular complexity index is 61.8. The third-order valence-corrected chi connectivity index (χ3v) is 4.97. The molecule has 1 aliphatic rings. The molecule has 1 N–H and O–H groups in total. The van der Waals surface area contributed by atoms with E-state index in [1.165, 1.54) is 5.75 Å². The predicted octanol–water partition coefficient (Wildman–Crippen LogP) is -4.16. The van der Waals surface area contributed by atoms with Gasteiger partial charge >= 0.3 is 52.2 Å². The molecular weight excluding hydrogens is 209 g/mol. The van der Waals surface area contributed by atoms with E-state index in [1.807, 2.05) is 11.8 Å². The van der Waals surface area contributed by atoms with Crippen LogP contribution in [0.3, 0.4) is 0 Å². The van der Waals surface area contributed by atoms with Crippen molar-refractivity contribution in [2.45, 2.75) is 3.26 Å². The normalized spacial score (nSPS) is 30.3. The molecule has 1 rings (SSSR count). The Kier molecular flexibility index (Phi) is 1.76. The first-order valence-corrected chi connectivity index (χ1v) is 5.07. The molecule has 0 radical (unpaired) electrons. The van der Waals surface area contributed by atoms with E-state index in [2.05, 4.69) is 9.92 Å². The topological polar surface area (TPSA) is 14.0 Å². The molecule has 0 aromatic rings. The molecule has 1 unspecified atom stereocenters. The van der Waals surface area contributed by atoms with Crippen LogP contribution in [0.4, 0.5) is 0 Å². The van der Waals surface area contributed by atoms with Crippen molar-refractivity contribution in [3.63, 3.8) is 0 Å². The fourth-order valence-corrected chi connectivity index (χ4v) is 3.00. The summed E-state index contributed by atoms with van der Waals surface area (Å²) in [6, 6.07) is 0. The van der Waals surface area contributed by atoms with Gasteiger partial charge in [-0.1, -0.05) is 0 Å².